The number of carbonyl (C=O) groups excluding carboxylic acids is 1. The highest BCUT2D eigenvalue weighted by molar-refractivity contribution is 7.80. The minimum Gasteiger partial charge on any atom is -0.345 e. The molecule has 2 N–H and O–H groups in total. The van der Waals surface area contributed by atoms with Crippen LogP contribution in [-0.2, 0) is 4.79 Å². The minimum atomic E-state index is -0.0242. The van der Waals surface area contributed by atoms with Crippen molar-refractivity contribution in [3.63, 3.8) is 0 Å². The Morgan fingerprint density at radius 1 is 1.53 bits per heavy atom. The van der Waals surface area contributed by atoms with Gasteiger partial charge in [-0.15, -0.1) is 0 Å². The van der Waals surface area contributed by atoms with E-state index in [1.807, 2.05) is 18.2 Å². The van der Waals surface area contributed by atoms with Gasteiger partial charge in [-0.3, -0.25) is 4.79 Å². The van der Waals surface area contributed by atoms with Gasteiger partial charge in [0.05, 0.1) is 17.4 Å². The van der Waals surface area contributed by atoms with E-state index in [0.717, 1.165) is 16.7 Å². The zero-order valence-corrected chi connectivity index (χ0v) is 8.92. The van der Waals surface area contributed by atoms with Gasteiger partial charge in [0.25, 0.3) is 0 Å². The van der Waals surface area contributed by atoms with Crippen LogP contribution in [0, 0.1) is 0 Å². The monoisotopic (exact) mass is 221 g/mol. The summed E-state index contributed by atoms with van der Waals surface area (Å²) in [7, 11) is 0. The van der Waals surface area contributed by atoms with E-state index < -0.39 is 0 Å². The zero-order valence-electron chi connectivity index (χ0n) is 8.03. The molecule has 2 aromatic rings. The molecule has 0 aliphatic heterocycles. The molecule has 0 fully saturated rings. The van der Waals surface area contributed by atoms with E-state index >= 15 is 0 Å². The highest BCUT2D eigenvalue weighted by atomic mass is 32.1. The molecule has 5 heteroatoms. The smallest absolute Gasteiger partial charge is 0.225 e. The van der Waals surface area contributed by atoms with Gasteiger partial charge in [0.2, 0.25) is 5.91 Å². The first kappa shape index (κ1) is 10.0. The van der Waals surface area contributed by atoms with Crippen LogP contribution in [0.4, 0.5) is 5.69 Å². The second kappa shape index (κ2) is 4.35. The molecule has 0 aliphatic carbocycles. The fraction of sp³-hybridized carbons (Fsp3) is 0.200. The molecule has 0 aliphatic rings. The number of amides is 1. The number of thiol groups is 1. The summed E-state index contributed by atoms with van der Waals surface area (Å²) in [5.74, 6) is 0.530. The molecule has 0 unspecified atom stereocenters. The Hall–Kier alpha value is -1.49. The van der Waals surface area contributed by atoms with Gasteiger partial charge in [0.1, 0.15) is 0 Å². The number of rotatable bonds is 3. The summed E-state index contributed by atoms with van der Waals surface area (Å²) in [6, 6.07) is 5.56. The Balaban J connectivity index is 2.17. The van der Waals surface area contributed by atoms with Crippen molar-refractivity contribution >= 4 is 35.3 Å². The topological polar surface area (TPSA) is 57.8 Å². The van der Waals surface area contributed by atoms with Crippen LogP contribution in [0.3, 0.4) is 0 Å². The average Bonchev–Trinajstić information content (AvgIpc) is 2.65. The van der Waals surface area contributed by atoms with Crippen molar-refractivity contribution in [2.24, 2.45) is 0 Å². The Morgan fingerprint density at radius 3 is 3.20 bits per heavy atom. The summed E-state index contributed by atoms with van der Waals surface area (Å²) in [4.78, 5) is 18.4. The van der Waals surface area contributed by atoms with Gasteiger partial charge in [-0.05, 0) is 24.0 Å². The molecule has 0 radical (unpaired) electrons. The highest BCUT2D eigenvalue weighted by Gasteiger charge is 2.02. The standard InChI is InChI=1S/C10H11N3OS/c14-10(3-4-15)13-7-1-2-8-9(5-7)12-6-11-8/h1-2,5-6,15H,3-4H2,(H,11,12)(H,13,14). The molecule has 0 saturated heterocycles. The van der Waals surface area contributed by atoms with Crippen LogP contribution >= 0.6 is 12.6 Å². The Bertz CT molecular complexity index is 480. The van der Waals surface area contributed by atoms with E-state index in [1.165, 1.54) is 0 Å². The molecule has 0 spiro atoms. The first-order valence-electron chi connectivity index (χ1n) is 4.63. The van der Waals surface area contributed by atoms with Gasteiger partial charge < -0.3 is 10.3 Å². The number of benzene rings is 1. The number of aromatic amines is 1. The number of imidazole rings is 1. The van der Waals surface area contributed by atoms with Crippen LogP contribution in [0.5, 0.6) is 0 Å². The van der Waals surface area contributed by atoms with E-state index in [1.54, 1.807) is 6.33 Å². The van der Waals surface area contributed by atoms with Crippen LogP contribution in [0.2, 0.25) is 0 Å². The molecular weight excluding hydrogens is 210 g/mol. The Kier molecular flexibility index (Phi) is 2.91. The van der Waals surface area contributed by atoms with Crippen LogP contribution in [0.1, 0.15) is 6.42 Å². The van der Waals surface area contributed by atoms with Gasteiger partial charge in [-0.2, -0.15) is 12.6 Å². The molecule has 15 heavy (non-hydrogen) atoms. The van der Waals surface area contributed by atoms with Crippen molar-refractivity contribution in [1.82, 2.24) is 9.97 Å². The normalized spacial score (nSPS) is 10.5. The van der Waals surface area contributed by atoms with Crippen LogP contribution in [0.15, 0.2) is 24.5 Å². The number of carbonyl (C=O) groups is 1. The molecule has 0 atom stereocenters. The summed E-state index contributed by atoms with van der Waals surface area (Å²) in [6.07, 6.45) is 2.05. The highest BCUT2D eigenvalue weighted by Crippen LogP contribution is 2.15. The van der Waals surface area contributed by atoms with Crippen molar-refractivity contribution in [2.45, 2.75) is 6.42 Å². The lowest BCUT2D eigenvalue weighted by Gasteiger charge is -2.03. The summed E-state index contributed by atoms with van der Waals surface area (Å²) >= 11 is 4.00. The Labute approximate surface area is 92.5 Å². The lowest BCUT2D eigenvalue weighted by Crippen LogP contribution is -2.11. The molecular formula is C10H11N3OS. The van der Waals surface area contributed by atoms with Crippen LogP contribution in [-0.4, -0.2) is 21.6 Å². The van der Waals surface area contributed by atoms with Crippen molar-refractivity contribution in [3.05, 3.63) is 24.5 Å². The molecule has 2 rings (SSSR count). The number of nitrogens with one attached hydrogen (secondary N) is 2. The lowest BCUT2D eigenvalue weighted by molar-refractivity contribution is -0.115. The fourth-order valence-corrected chi connectivity index (χ4v) is 1.54. The number of anilines is 1. The van der Waals surface area contributed by atoms with Crippen molar-refractivity contribution in [2.75, 3.05) is 11.1 Å². The quantitative estimate of drug-likeness (QED) is 0.692. The van der Waals surface area contributed by atoms with E-state index in [2.05, 4.69) is 27.9 Å². The maximum Gasteiger partial charge on any atom is 0.225 e. The van der Waals surface area contributed by atoms with E-state index in [9.17, 15) is 4.79 Å². The zero-order chi connectivity index (χ0) is 10.7. The third kappa shape index (κ3) is 2.30. The van der Waals surface area contributed by atoms with Gasteiger partial charge >= 0.3 is 0 Å². The SMILES string of the molecule is O=C(CCS)Nc1ccc2nc[nH]c2c1. The second-order valence-electron chi connectivity index (χ2n) is 3.16. The summed E-state index contributed by atoms with van der Waals surface area (Å²) < 4.78 is 0. The first-order valence-corrected chi connectivity index (χ1v) is 5.26. The van der Waals surface area contributed by atoms with Gasteiger partial charge in [-0.1, -0.05) is 0 Å². The molecule has 4 nitrogen and oxygen atoms in total. The summed E-state index contributed by atoms with van der Waals surface area (Å²) in [5, 5.41) is 2.79. The third-order valence-electron chi connectivity index (χ3n) is 2.04. The number of aromatic nitrogens is 2. The number of H-pyrrole nitrogens is 1. The van der Waals surface area contributed by atoms with Crippen molar-refractivity contribution in [3.8, 4) is 0 Å². The van der Waals surface area contributed by atoms with Crippen LogP contribution in [0.25, 0.3) is 11.0 Å². The number of hydrogen-bond donors (Lipinski definition) is 3. The molecule has 1 aromatic carbocycles. The third-order valence-corrected chi connectivity index (χ3v) is 2.27. The largest absolute Gasteiger partial charge is 0.345 e. The van der Waals surface area contributed by atoms with Crippen molar-refractivity contribution < 1.29 is 4.79 Å². The van der Waals surface area contributed by atoms with E-state index in [-0.39, 0.29) is 5.91 Å². The maximum absolute atomic E-state index is 11.3. The molecule has 78 valence electrons. The number of fused-ring (bicyclic) bond motifs is 1. The van der Waals surface area contributed by atoms with Crippen molar-refractivity contribution in [1.29, 1.82) is 0 Å². The molecule has 0 saturated carbocycles. The molecule has 0 bridgehead atoms. The minimum absolute atomic E-state index is 0.0242. The van der Waals surface area contributed by atoms with E-state index in [0.29, 0.717) is 12.2 Å². The second-order valence-corrected chi connectivity index (χ2v) is 3.60. The predicted molar refractivity (Wildman–Crippen MR) is 63.2 cm³/mol. The maximum atomic E-state index is 11.3. The average molecular weight is 221 g/mol. The molecule has 1 heterocycles. The number of nitrogens with zero attached hydrogens (tertiary/aromatic N) is 1. The predicted octanol–water partition coefficient (Wildman–Crippen LogP) is 1.82. The first-order chi connectivity index (χ1) is 7.29. The summed E-state index contributed by atoms with van der Waals surface area (Å²) in [6.45, 7) is 0. The van der Waals surface area contributed by atoms with Crippen LogP contribution < -0.4 is 5.32 Å². The summed E-state index contributed by atoms with van der Waals surface area (Å²) in [5.41, 5.74) is 2.58. The molecule has 1 aromatic heterocycles. The van der Waals surface area contributed by atoms with Gasteiger partial charge in [0, 0.05) is 12.1 Å². The Morgan fingerprint density at radius 2 is 2.40 bits per heavy atom. The fourth-order valence-electron chi connectivity index (χ4n) is 1.34. The lowest BCUT2D eigenvalue weighted by atomic mass is 10.2. The molecule has 1 amide bonds. The van der Waals surface area contributed by atoms with Gasteiger partial charge in [0.15, 0.2) is 0 Å². The van der Waals surface area contributed by atoms with E-state index in [4.69, 9.17) is 0 Å². The number of hydrogen-bond acceptors (Lipinski definition) is 3. The van der Waals surface area contributed by atoms with Gasteiger partial charge in [-0.25, -0.2) is 4.98 Å².